The van der Waals surface area contributed by atoms with Gasteiger partial charge in [0.2, 0.25) is 5.91 Å². The molecular weight excluding hydrogens is 228 g/mol. The average Bonchev–Trinajstić information content (AvgIpc) is 2.83. The van der Waals surface area contributed by atoms with E-state index in [1.165, 1.54) is 0 Å². The molecule has 1 amide bonds. The normalized spacial score (nSPS) is 26.2. The largest absolute Gasteiger partial charge is 0.467 e. The van der Waals surface area contributed by atoms with Crippen LogP contribution in [0.25, 0.3) is 0 Å². The molecule has 0 saturated heterocycles. The molecule has 0 spiro atoms. The number of nitrogens with zero attached hydrogens (tertiary/aromatic N) is 2. The first-order chi connectivity index (χ1) is 8.61. The number of carbonyl (C=O) groups is 1. The van der Waals surface area contributed by atoms with Crippen LogP contribution in [-0.4, -0.2) is 17.4 Å². The maximum atomic E-state index is 12.4. The summed E-state index contributed by atoms with van der Waals surface area (Å²) in [6.07, 6.45) is 2.95. The van der Waals surface area contributed by atoms with E-state index >= 15 is 0 Å². The summed E-state index contributed by atoms with van der Waals surface area (Å²) in [5, 5.41) is 9.27. The highest BCUT2D eigenvalue weighted by atomic mass is 16.3. The molecule has 0 atom stereocenters. The van der Waals surface area contributed by atoms with Crippen molar-refractivity contribution in [3.05, 3.63) is 24.2 Å². The molecule has 4 heteroatoms. The van der Waals surface area contributed by atoms with E-state index in [9.17, 15) is 10.1 Å². The van der Waals surface area contributed by atoms with E-state index in [0.717, 1.165) is 5.76 Å². The topological polar surface area (TPSA) is 57.2 Å². The summed E-state index contributed by atoms with van der Waals surface area (Å²) in [6, 6.07) is 5.87. The second kappa shape index (κ2) is 4.85. The van der Waals surface area contributed by atoms with E-state index in [2.05, 4.69) is 13.0 Å². The zero-order valence-electron chi connectivity index (χ0n) is 10.8. The fourth-order valence-corrected chi connectivity index (χ4v) is 2.66. The van der Waals surface area contributed by atoms with E-state index in [1.807, 2.05) is 13.0 Å². The Morgan fingerprint density at radius 3 is 2.83 bits per heavy atom. The quantitative estimate of drug-likeness (QED) is 0.820. The van der Waals surface area contributed by atoms with Gasteiger partial charge in [0.1, 0.15) is 11.2 Å². The van der Waals surface area contributed by atoms with Gasteiger partial charge in [-0.25, -0.2) is 0 Å². The van der Waals surface area contributed by atoms with Gasteiger partial charge in [0.05, 0.1) is 18.9 Å². The molecule has 4 nitrogen and oxygen atoms in total. The monoisotopic (exact) mass is 246 g/mol. The molecule has 0 aliphatic heterocycles. The Kier molecular flexibility index (Phi) is 3.42. The highest BCUT2D eigenvalue weighted by Crippen LogP contribution is 2.46. The minimum atomic E-state index is -0.790. The predicted octanol–water partition coefficient (Wildman–Crippen LogP) is 2.57. The predicted molar refractivity (Wildman–Crippen MR) is 66.2 cm³/mol. The SMILES string of the molecule is CCN(Cc1ccco1)C(=O)C1(C#N)CC(C)C1. The van der Waals surface area contributed by atoms with Crippen LogP contribution in [0.5, 0.6) is 0 Å². The summed E-state index contributed by atoms with van der Waals surface area (Å²) in [5.41, 5.74) is -0.790. The molecule has 1 fully saturated rings. The van der Waals surface area contributed by atoms with Gasteiger partial charge in [0.25, 0.3) is 0 Å². The number of rotatable bonds is 4. The zero-order chi connectivity index (χ0) is 13.2. The van der Waals surface area contributed by atoms with Crippen LogP contribution in [0.15, 0.2) is 22.8 Å². The highest BCUT2D eigenvalue weighted by Gasteiger charge is 2.50. The molecule has 0 radical (unpaired) electrons. The van der Waals surface area contributed by atoms with Crippen LogP contribution >= 0.6 is 0 Å². The molecule has 2 rings (SSSR count). The summed E-state index contributed by atoms with van der Waals surface area (Å²) >= 11 is 0. The Balaban J connectivity index is 2.08. The van der Waals surface area contributed by atoms with Gasteiger partial charge in [0.15, 0.2) is 0 Å². The van der Waals surface area contributed by atoms with Crippen LogP contribution in [0.4, 0.5) is 0 Å². The van der Waals surface area contributed by atoms with E-state index in [-0.39, 0.29) is 5.91 Å². The number of carbonyl (C=O) groups excluding carboxylic acids is 1. The van der Waals surface area contributed by atoms with Crippen molar-refractivity contribution in [2.75, 3.05) is 6.54 Å². The number of hydrogen-bond donors (Lipinski definition) is 0. The third kappa shape index (κ3) is 2.13. The van der Waals surface area contributed by atoms with Gasteiger partial charge >= 0.3 is 0 Å². The second-order valence-corrected chi connectivity index (χ2v) is 5.11. The van der Waals surface area contributed by atoms with Gasteiger partial charge in [-0.3, -0.25) is 4.79 Å². The summed E-state index contributed by atoms with van der Waals surface area (Å²) in [7, 11) is 0. The van der Waals surface area contributed by atoms with Crippen LogP contribution in [0.2, 0.25) is 0 Å². The van der Waals surface area contributed by atoms with Crippen molar-refractivity contribution in [2.45, 2.75) is 33.2 Å². The Morgan fingerprint density at radius 1 is 1.67 bits per heavy atom. The fraction of sp³-hybridized carbons (Fsp3) is 0.571. The summed E-state index contributed by atoms with van der Waals surface area (Å²) in [4.78, 5) is 14.1. The molecule has 1 aliphatic rings. The van der Waals surface area contributed by atoms with Crippen molar-refractivity contribution >= 4 is 5.91 Å². The van der Waals surface area contributed by atoms with Gasteiger partial charge in [-0.15, -0.1) is 0 Å². The van der Waals surface area contributed by atoms with Crippen molar-refractivity contribution in [3.63, 3.8) is 0 Å². The molecule has 18 heavy (non-hydrogen) atoms. The maximum Gasteiger partial charge on any atom is 0.243 e. The third-order valence-corrected chi connectivity index (χ3v) is 3.61. The minimum absolute atomic E-state index is 0.0537. The third-order valence-electron chi connectivity index (χ3n) is 3.61. The Hall–Kier alpha value is -1.76. The average molecular weight is 246 g/mol. The lowest BCUT2D eigenvalue weighted by Gasteiger charge is -2.42. The maximum absolute atomic E-state index is 12.4. The summed E-state index contributed by atoms with van der Waals surface area (Å²) in [6.45, 7) is 5.04. The number of furan rings is 1. The molecular formula is C14H18N2O2. The van der Waals surface area contributed by atoms with Crippen molar-refractivity contribution in [2.24, 2.45) is 11.3 Å². The number of nitriles is 1. The smallest absolute Gasteiger partial charge is 0.243 e. The van der Waals surface area contributed by atoms with Crippen LogP contribution in [0.3, 0.4) is 0 Å². The molecule has 0 bridgehead atoms. The molecule has 0 unspecified atom stereocenters. The molecule has 1 saturated carbocycles. The van der Waals surface area contributed by atoms with Gasteiger partial charge < -0.3 is 9.32 Å². The summed E-state index contributed by atoms with van der Waals surface area (Å²) < 4.78 is 5.26. The molecule has 1 aromatic heterocycles. The minimum Gasteiger partial charge on any atom is -0.467 e. The van der Waals surface area contributed by atoms with Crippen LogP contribution in [-0.2, 0) is 11.3 Å². The highest BCUT2D eigenvalue weighted by molar-refractivity contribution is 5.86. The lowest BCUT2D eigenvalue weighted by molar-refractivity contribution is -0.146. The lowest BCUT2D eigenvalue weighted by atomic mass is 9.62. The summed E-state index contributed by atoms with van der Waals surface area (Å²) in [5.74, 6) is 1.17. The second-order valence-electron chi connectivity index (χ2n) is 5.11. The van der Waals surface area contributed by atoms with Gasteiger partial charge in [0, 0.05) is 6.54 Å². The van der Waals surface area contributed by atoms with E-state index in [1.54, 1.807) is 17.2 Å². The Morgan fingerprint density at radius 2 is 2.39 bits per heavy atom. The molecule has 96 valence electrons. The Labute approximate surface area is 107 Å². The first-order valence-corrected chi connectivity index (χ1v) is 6.34. The standard InChI is InChI=1S/C14H18N2O2/c1-3-16(9-12-5-4-6-18-12)13(17)14(10-15)7-11(2)8-14/h4-6,11H,3,7-9H2,1-2H3. The van der Waals surface area contributed by atoms with Crippen molar-refractivity contribution in [3.8, 4) is 6.07 Å². The lowest BCUT2D eigenvalue weighted by Crippen LogP contribution is -2.49. The number of hydrogen-bond acceptors (Lipinski definition) is 3. The number of amides is 1. The van der Waals surface area contributed by atoms with E-state index < -0.39 is 5.41 Å². The van der Waals surface area contributed by atoms with Gasteiger partial charge in [-0.05, 0) is 37.8 Å². The molecule has 1 aliphatic carbocycles. The molecule has 1 aromatic rings. The van der Waals surface area contributed by atoms with Gasteiger partial charge in [-0.2, -0.15) is 5.26 Å². The first-order valence-electron chi connectivity index (χ1n) is 6.34. The molecule has 0 aromatic carbocycles. The van der Waals surface area contributed by atoms with Crippen molar-refractivity contribution in [1.82, 2.24) is 4.90 Å². The zero-order valence-corrected chi connectivity index (χ0v) is 10.8. The van der Waals surface area contributed by atoms with Crippen LogP contribution < -0.4 is 0 Å². The van der Waals surface area contributed by atoms with Gasteiger partial charge in [-0.1, -0.05) is 6.92 Å². The van der Waals surface area contributed by atoms with Crippen LogP contribution in [0, 0.1) is 22.7 Å². The molecule has 1 heterocycles. The molecule has 0 N–H and O–H groups in total. The fourth-order valence-electron chi connectivity index (χ4n) is 2.66. The van der Waals surface area contributed by atoms with Crippen LogP contribution in [0.1, 0.15) is 32.4 Å². The Bertz CT molecular complexity index is 453. The first kappa shape index (κ1) is 12.7. The van der Waals surface area contributed by atoms with Crippen molar-refractivity contribution < 1.29 is 9.21 Å². The van der Waals surface area contributed by atoms with E-state index in [4.69, 9.17) is 4.42 Å². The van der Waals surface area contributed by atoms with E-state index in [0.29, 0.717) is 31.8 Å². The van der Waals surface area contributed by atoms with Crippen molar-refractivity contribution in [1.29, 1.82) is 5.26 Å².